The second-order valence-corrected chi connectivity index (χ2v) is 10.5. The molecule has 0 spiro atoms. The van der Waals surface area contributed by atoms with Crippen molar-refractivity contribution in [1.29, 1.82) is 0 Å². The predicted octanol–water partition coefficient (Wildman–Crippen LogP) is 5.06. The van der Waals surface area contributed by atoms with Crippen molar-refractivity contribution in [2.75, 3.05) is 39.1 Å². The van der Waals surface area contributed by atoms with Crippen LogP contribution in [0, 0.1) is 0 Å². The number of benzene rings is 2. The second kappa shape index (κ2) is 10.7. The molecule has 0 saturated heterocycles. The van der Waals surface area contributed by atoms with Crippen molar-refractivity contribution in [3.05, 3.63) is 73.6 Å². The minimum absolute atomic E-state index is 0.0171. The van der Waals surface area contributed by atoms with Gasteiger partial charge >= 0.3 is 0 Å². The topological polar surface area (TPSA) is 95.4 Å². The highest BCUT2D eigenvalue weighted by atomic mass is 35.5. The zero-order valence-electron chi connectivity index (χ0n) is 17.2. The molecule has 166 valence electrons. The smallest absolute Gasteiger partial charge is 0.178 e. The lowest BCUT2D eigenvalue weighted by atomic mass is 9.85. The first-order valence-corrected chi connectivity index (χ1v) is 12.3. The number of ether oxygens (including phenoxy) is 1. The molecule has 0 fully saturated rings. The first-order chi connectivity index (χ1) is 14.8. The maximum absolute atomic E-state index is 12.8. The fourth-order valence-electron chi connectivity index (χ4n) is 3.78. The van der Waals surface area contributed by atoms with E-state index < -0.39 is 9.84 Å². The Labute approximate surface area is 192 Å². The minimum Gasteiger partial charge on any atom is -0.381 e. The van der Waals surface area contributed by atoms with Crippen molar-refractivity contribution in [3.8, 4) is 0 Å². The highest BCUT2D eigenvalue weighted by molar-refractivity contribution is 7.91. The summed E-state index contributed by atoms with van der Waals surface area (Å²) in [4.78, 5) is 5.10. The van der Waals surface area contributed by atoms with E-state index in [1.54, 1.807) is 24.3 Å². The first kappa shape index (κ1) is 23.9. The molecule has 7 nitrogen and oxygen atoms in total. The van der Waals surface area contributed by atoms with Crippen molar-refractivity contribution >= 4 is 33.0 Å². The second-order valence-electron chi connectivity index (χ2n) is 7.52. The van der Waals surface area contributed by atoms with Gasteiger partial charge in [-0.05, 0) is 60.0 Å². The summed E-state index contributed by atoms with van der Waals surface area (Å²) < 4.78 is 31.0. The van der Waals surface area contributed by atoms with E-state index in [1.165, 1.54) is 0 Å². The van der Waals surface area contributed by atoms with Gasteiger partial charge in [0, 0.05) is 47.1 Å². The summed E-state index contributed by atoms with van der Waals surface area (Å²) in [6, 6.07) is 10.8. The van der Waals surface area contributed by atoms with E-state index in [1.807, 2.05) is 19.2 Å². The Morgan fingerprint density at radius 1 is 1.26 bits per heavy atom. The minimum atomic E-state index is -3.45. The molecular weight excluding hydrogens is 459 g/mol. The van der Waals surface area contributed by atoms with Crippen LogP contribution < -0.4 is 0 Å². The average Bonchev–Trinajstić information content (AvgIpc) is 2.73. The van der Waals surface area contributed by atoms with Gasteiger partial charge in [0.05, 0.1) is 17.3 Å². The van der Waals surface area contributed by atoms with Crippen LogP contribution in [-0.4, -0.2) is 52.4 Å². The molecule has 1 aliphatic heterocycles. The van der Waals surface area contributed by atoms with Gasteiger partial charge in [-0.15, -0.1) is 0 Å². The molecule has 0 N–H and O–H groups in total. The van der Waals surface area contributed by atoms with Crippen LogP contribution in [0.1, 0.15) is 29.0 Å². The van der Waals surface area contributed by atoms with Gasteiger partial charge in [-0.2, -0.15) is 0 Å². The average molecular weight is 483 g/mol. The Kier molecular flexibility index (Phi) is 8.22. The van der Waals surface area contributed by atoms with Crippen LogP contribution in [0.2, 0.25) is 10.0 Å². The van der Waals surface area contributed by atoms with E-state index in [-0.39, 0.29) is 31.4 Å². The third-order valence-corrected chi connectivity index (χ3v) is 7.57. The molecule has 0 aromatic heterocycles. The van der Waals surface area contributed by atoms with Gasteiger partial charge in [-0.3, -0.25) is 0 Å². The lowest BCUT2D eigenvalue weighted by Crippen LogP contribution is -2.31. The van der Waals surface area contributed by atoms with Gasteiger partial charge in [0.15, 0.2) is 9.84 Å². The fourth-order valence-corrected chi connectivity index (χ4v) is 5.68. The van der Waals surface area contributed by atoms with E-state index >= 15 is 0 Å². The Hall–Kier alpha value is -1.80. The van der Waals surface area contributed by atoms with Crippen molar-refractivity contribution in [2.24, 2.45) is 5.11 Å². The van der Waals surface area contributed by atoms with E-state index in [2.05, 4.69) is 14.9 Å². The highest BCUT2D eigenvalue weighted by Crippen LogP contribution is 2.38. The van der Waals surface area contributed by atoms with Crippen LogP contribution in [0.5, 0.6) is 0 Å². The molecule has 1 atom stereocenters. The Morgan fingerprint density at radius 2 is 2.06 bits per heavy atom. The van der Waals surface area contributed by atoms with Crippen LogP contribution in [-0.2, 0) is 21.1 Å². The van der Waals surface area contributed by atoms with Gasteiger partial charge < -0.3 is 9.64 Å². The van der Waals surface area contributed by atoms with Crippen LogP contribution in [0.3, 0.4) is 0 Å². The third-order valence-electron chi connectivity index (χ3n) is 5.21. The Balaban J connectivity index is 1.77. The van der Waals surface area contributed by atoms with Crippen molar-refractivity contribution < 1.29 is 13.2 Å². The summed E-state index contributed by atoms with van der Waals surface area (Å²) in [6.07, 6.45) is 0.364. The molecule has 1 unspecified atom stereocenters. The van der Waals surface area contributed by atoms with Gasteiger partial charge in [-0.1, -0.05) is 40.4 Å². The molecule has 0 bridgehead atoms. The Morgan fingerprint density at radius 3 is 2.84 bits per heavy atom. The van der Waals surface area contributed by atoms with Gasteiger partial charge in [-0.25, -0.2) is 8.42 Å². The van der Waals surface area contributed by atoms with E-state index in [0.717, 1.165) is 29.8 Å². The standard InChI is InChI=1S/C21H24Cl2N4O3S/c1-27-13-19(18-11-16(22)12-21(23)20(18)14-27)15-4-2-5-17(10-15)31(28,29)9-3-7-30-8-6-25-26-24/h2,4-5,10-12,19H,3,6-9,13-14H2,1H3. The van der Waals surface area contributed by atoms with Crippen molar-refractivity contribution in [1.82, 2.24) is 4.90 Å². The molecular formula is C21H24Cl2N4O3S. The summed E-state index contributed by atoms with van der Waals surface area (Å²) in [5.74, 6) is -0.0410. The molecule has 2 aromatic rings. The molecule has 0 saturated carbocycles. The molecule has 2 aromatic carbocycles. The van der Waals surface area contributed by atoms with Crippen molar-refractivity contribution in [2.45, 2.75) is 23.8 Å². The van der Waals surface area contributed by atoms with Crippen LogP contribution in [0.25, 0.3) is 10.4 Å². The molecule has 0 aliphatic carbocycles. The highest BCUT2D eigenvalue weighted by Gasteiger charge is 2.28. The maximum atomic E-state index is 12.8. The Bertz CT molecular complexity index is 1090. The number of azide groups is 1. The molecule has 0 radical (unpaired) electrons. The number of rotatable bonds is 9. The van der Waals surface area contributed by atoms with Gasteiger partial charge in [0.1, 0.15) is 0 Å². The number of likely N-dealkylation sites (N-methyl/N-ethyl adjacent to an activating group) is 1. The lowest BCUT2D eigenvalue weighted by molar-refractivity contribution is 0.142. The predicted molar refractivity (Wildman–Crippen MR) is 123 cm³/mol. The van der Waals surface area contributed by atoms with Crippen LogP contribution in [0.4, 0.5) is 0 Å². The molecule has 0 amide bonds. The lowest BCUT2D eigenvalue weighted by Gasteiger charge is -2.33. The summed E-state index contributed by atoms with van der Waals surface area (Å²) in [5.41, 5.74) is 11.2. The van der Waals surface area contributed by atoms with E-state index in [9.17, 15) is 8.42 Å². The number of hydrogen-bond acceptors (Lipinski definition) is 5. The first-order valence-electron chi connectivity index (χ1n) is 9.89. The van der Waals surface area contributed by atoms with Crippen molar-refractivity contribution in [3.63, 3.8) is 0 Å². The third kappa shape index (κ3) is 6.13. The summed E-state index contributed by atoms with van der Waals surface area (Å²) in [7, 11) is -1.44. The number of fused-ring (bicyclic) bond motifs is 1. The SMILES string of the molecule is CN1Cc2c(Cl)cc(Cl)cc2C(c2cccc(S(=O)(=O)CCCOCCN=[N+]=[N-])c2)C1. The number of halogens is 2. The molecule has 31 heavy (non-hydrogen) atoms. The zero-order valence-corrected chi connectivity index (χ0v) is 19.5. The summed E-state index contributed by atoms with van der Waals surface area (Å²) in [6.45, 7) is 2.26. The summed E-state index contributed by atoms with van der Waals surface area (Å²) >= 11 is 12.7. The molecule has 10 heteroatoms. The van der Waals surface area contributed by atoms with Gasteiger partial charge in [0.2, 0.25) is 0 Å². The fraction of sp³-hybridized carbons (Fsp3) is 0.429. The van der Waals surface area contributed by atoms with E-state index in [0.29, 0.717) is 21.4 Å². The number of sulfone groups is 1. The molecule has 1 aliphatic rings. The normalized spacial score (nSPS) is 16.5. The zero-order chi connectivity index (χ0) is 22.4. The molecule has 1 heterocycles. The van der Waals surface area contributed by atoms with Crippen LogP contribution in [0.15, 0.2) is 46.4 Å². The van der Waals surface area contributed by atoms with E-state index in [4.69, 9.17) is 33.5 Å². The monoisotopic (exact) mass is 482 g/mol. The quantitative estimate of drug-likeness (QED) is 0.216. The summed E-state index contributed by atoms with van der Waals surface area (Å²) in [5, 5.41) is 4.57. The number of hydrogen-bond donors (Lipinski definition) is 0. The number of nitrogens with zero attached hydrogens (tertiary/aromatic N) is 4. The van der Waals surface area contributed by atoms with Gasteiger partial charge in [0.25, 0.3) is 0 Å². The molecule has 3 rings (SSSR count). The largest absolute Gasteiger partial charge is 0.381 e. The maximum Gasteiger partial charge on any atom is 0.178 e. The van der Waals surface area contributed by atoms with Crippen LogP contribution >= 0.6 is 23.2 Å².